The fourth-order valence-corrected chi connectivity index (χ4v) is 2.27. The first-order valence-electron chi connectivity index (χ1n) is 5.86. The Morgan fingerprint density at radius 3 is 2.75 bits per heavy atom. The Balaban J connectivity index is 2.04. The Hall–Kier alpha value is -2.29. The van der Waals surface area contributed by atoms with Crippen molar-refractivity contribution in [2.75, 3.05) is 19.0 Å². The van der Waals surface area contributed by atoms with Crippen LogP contribution in [0.25, 0.3) is 0 Å². The second-order valence-corrected chi connectivity index (χ2v) is 4.75. The van der Waals surface area contributed by atoms with E-state index in [1.165, 1.54) is 11.3 Å². The van der Waals surface area contributed by atoms with Gasteiger partial charge in [-0.15, -0.1) is 11.3 Å². The summed E-state index contributed by atoms with van der Waals surface area (Å²) in [5.74, 6) is 5.86. The molecule has 1 aromatic carbocycles. The molecule has 0 atom stereocenters. The Labute approximate surface area is 121 Å². The number of methoxy groups -OCH3 is 1. The van der Waals surface area contributed by atoms with Gasteiger partial charge < -0.3 is 15.2 Å². The molecule has 5 heteroatoms. The zero-order chi connectivity index (χ0) is 14.4. The number of carbonyl (C=O) groups is 1. The number of ether oxygens (including phenoxy) is 1. The van der Waals surface area contributed by atoms with Crippen LogP contribution >= 0.6 is 11.3 Å². The number of aliphatic hydroxyl groups excluding tert-OH is 1. The Morgan fingerprint density at radius 2 is 2.15 bits per heavy atom. The van der Waals surface area contributed by atoms with Crippen LogP contribution < -0.4 is 10.1 Å². The van der Waals surface area contributed by atoms with Gasteiger partial charge in [0.25, 0.3) is 5.91 Å². The maximum atomic E-state index is 12.0. The molecule has 2 rings (SSSR count). The van der Waals surface area contributed by atoms with Gasteiger partial charge in [0.2, 0.25) is 0 Å². The first-order valence-corrected chi connectivity index (χ1v) is 6.74. The summed E-state index contributed by atoms with van der Waals surface area (Å²) in [5, 5.41) is 13.2. The van der Waals surface area contributed by atoms with E-state index in [0.717, 1.165) is 5.56 Å². The van der Waals surface area contributed by atoms with Crippen LogP contribution in [-0.2, 0) is 0 Å². The molecule has 102 valence electrons. The number of thiophene rings is 1. The number of hydrogen-bond acceptors (Lipinski definition) is 4. The molecule has 0 fully saturated rings. The monoisotopic (exact) mass is 287 g/mol. The maximum Gasteiger partial charge on any atom is 0.265 e. The number of aliphatic hydroxyl groups is 1. The van der Waals surface area contributed by atoms with Crippen LogP contribution in [0, 0.1) is 11.8 Å². The number of nitrogens with one attached hydrogen (secondary N) is 1. The molecule has 2 N–H and O–H groups in total. The van der Waals surface area contributed by atoms with Crippen LogP contribution in [0.3, 0.4) is 0 Å². The molecule has 0 aliphatic rings. The third-order valence-corrected chi connectivity index (χ3v) is 3.40. The minimum absolute atomic E-state index is 0.168. The highest BCUT2D eigenvalue weighted by molar-refractivity contribution is 7.12. The minimum Gasteiger partial charge on any atom is -0.496 e. The van der Waals surface area contributed by atoms with Crippen molar-refractivity contribution in [2.45, 2.75) is 0 Å². The molecule has 0 spiro atoms. The van der Waals surface area contributed by atoms with E-state index in [0.29, 0.717) is 16.3 Å². The summed E-state index contributed by atoms with van der Waals surface area (Å²) >= 11 is 1.33. The molecule has 0 aliphatic carbocycles. The lowest BCUT2D eigenvalue weighted by molar-refractivity contribution is 0.103. The fraction of sp³-hybridized carbons (Fsp3) is 0.133. The maximum absolute atomic E-state index is 12.0. The van der Waals surface area contributed by atoms with Gasteiger partial charge in [-0.25, -0.2) is 0 Å². The molecule has 0 unspecified atom stereocenters. The van der Waals surface area contributed by atoms with Crippen molar-refractivity contribution in [1.82, 2.24) is 0 Å². The quantitative estimate of drug-likeness (QED) is 0.852. The Morgan fingerprint density at radius 1 is 1.40 bits per heavy atom. The summed E-state index contributed by atoms with van der Waals surface area (Å²) in [7, 11) is 1.57. The normalized spacial score (nSPS) is 9.50. The zero-order valence-corrected chi connectivity index (χ0v) is 11.7. The van der Waals surface area contributed by atoms with Crippen molar-refractivity contribution in [3.63, 3.8) is 0 Å². The second-order valence-electron chi connectivity index (χ2n) is 3.84. The third-order valence-electron chi connectivity index (χ3n) is 2.49. The van der Waals surface area contributed by atoms with Gasteiger partial charge >= 0.3 is 0 Å². The zero-order valence-electron chi connectivity index (χ0n) is 10.8. The molecule has 0 radical (unpaired) electrons. The van der Waals surface area contributed by atoms with Crippen molar-refractivity contribution in [1.29, 1.82) is 0 Å². The van der Waals surface area contributed by atoms with Crippen molar-refractivity contribution in [2.24, 2.45) is 0 Å². The predicted octanol–water partition coefficient (Wildman–Crippen LogP) is 2.35. The number of amides is 1. The van der Waals surface area contributed by atoms with Crippen LogP contribution in [0.1, 0.15) is 15.2 Å². The molecule has 1 heterocycles. The average molecular weight is 287 g/mol. The van der Waals surface area contributed by atoms with Crippen LogP contribution in [-0.4, -0.2) is 24.7 Å². The lowest BCUT2D eigenvalue weighted by atomic mass is 10.2. The molecule has 1 amide bonds. The number of carbonyl (C=O) groups excluding carboxylic acids is 1. The second kappa shape index (κ2) is 6.75. The molecule has 0 saturated carbocycles. The first-order chi connectivity index (χ1) is 9.72. The highest BCUT2D eigenvalue weighted by atomic mass is 32.1. The summed E-state index contributed by atoms with van der Waals surface area (Å²) in [6.07, 6.45) is 0. The SMILES string of the molecule is COc1csc(C(=O)Nc2ccc(C#CCO)cc2)c1. The van der Waals surface area contributed by atoms with Crippen molar-refractivity contribution < 1.29 is 14.6 Å². The fourth-order valence-electron chi connectivity index (χ4n) is 1.52. The van der Waals surface area contributed by atoms with Gasteiger partial charge in [0, 0.05) is 22.7 Å². The van der Waals surface area contributed by atoms with Gasteiger partial charge in [0.1, 0.15) is 12.4 Å². The summed E-state index contributed by atoms with van der Waals surface area (Å²) in [5.41, 5.74) is 1.48. The van der Waals surface area contributed by atoms with Gasteiger partial charge in [0.15, 0.2) is 0 Å². The van der Waals surface area contributed by atoms with E-state index in [9.17, 15) is 4.79 Å². The summed E-state index contributed by atoms with van der Waals surface area (Å²) in [4.78, 5) is 12.6. The largest absolute Gasteiger partial charge is 0.496 e. The van der Waals surface area contributed by atoms with E-state index < -0.39 is 0 Å². The molecule has 0 bridgehead atoms. The smallest absolute Gasteiger partial charge is 0.265 e. The lowest BCUT2D eigenvalue weighted by Gasteiger charge is -2.03. The van der Waals surface area contributed by atoms with Gasteiger partial charge in [-0.1, -0.05) is 11.8 Å². The number of anilines is 1. The molecule has 2 aromatic rings. The molecule has 1 aromatic heterocycles. The molecular weight excluding hydrogens is 274 g/mol. The number of hydrogen-bond donors (Lipinski definition) is 2. The average Bonchev–Trinajstić information content (AvgIpc) is 2.95. The minimum atomic E-state index is -0.174. The van der Waals surface area contributed by atoms with E-state index in [4.69, 9.17) is 9.84 Å². The lowest BCUT2D eigenvalue weighted by Crippen LogP contribution is -2.09. The van der Waals surface area contributed by atoms with Gasteiger partial charge in [-0.3, -0.25) is 4.79 Å². The first kappa shape index (κ1) is 14.1. The van der Waals surface area contributed by atoms with Gasteiger partial charge in [-0.05, 0) is 24.3 Å². The van der Waals surface area contributed by atoms with E-state index >= 15 is 0 Å². The van der Waals surface area contributed by atoms with E-state index in [1.54, 1.807) is 42.8 Å². The highest BCUT2D eigenvalue weighted by Crippen LogP contribution is 2.22. The highest BCUT2D eigenvalue weighted by Gasteiger charge is 2.09. The molecule has 4 nitrogen and oxygen atoms in total. The molecule has 0 saturated heterocycles. The Kier molecular flexibility index (Phi) is 4.77. The predicted molar refractivity (Wildman–Crippen MR) is 79.2 cm³/mol. The summed E-state index contributed by atoms with van der Waals surface area (Å²) < 4.78 is 5.04. The van der Waals surface area contributed by atoms with Crippen LogP contribution in [0.4, 0.5) is 5.69 Å². The molecule has 20 heavy (non-hydrogen) atoms. The van der Waals surface area contributed by atoms with E-state index in [1.807, 2.05) is 0 Å². The summed E-state index contributed by atoms with van der Waals surface area (Å²) in [6.45, 7) is -0.168. The van der Waals surface area contributed by atoms with Crippen LogP contribution in [0.2, 0.25) is 0 Å². The van der Waals surface area contributed by atoms with Crippen molar-refractivity contribution in [3.05, 3.63) is 46.2 Å². The van der Waals surface area contributed by atoms with Crippen LogP contribution in [0.5, 0.6) is 5.75 Å². The van der Waals surface area contributed by atoms with E-state index in [-0.39, 0.29) is 12.5 Å². The van der Waals surface area contributed by atoms with Crippen LogP contribution in [0.15, 0.2) is 35.7 Å². The van der Waals surface area contributed by atoms with Crippen molar-refractivity contribution in [3.8, 4) is 17.6 Å². The molecular formula is C15H13NO3S. The Bertz CT molecular complexity index is 650. The number of rotatable bonds is 3. The number of benzene rings is 1. The molecule has 0 aliphatic heterocycles. The topological polar surface area (TPSA) is 58.6 Å². The van der Waals surface area contributed by atoms with Crippen molar-refractivity contribution >= 4 is 22.9 Å². The van der Waals surface area contributed by atoms with Gasteiger partial charge in [-0.2, -0.15) is 0 Å². The standard InChI is InChI=1S/C15H13NO3S/c1-19-13-9-14(20-10-13)15(18)16-12-6-4-11(5-7-12)3-2-8-17/h4-7,9-10,17H,8H2,1H3,(H,16,18). The summed E-state index contributed by atoms with van der Waals surface area (Å²) in [6, 6.07) is 8.80. The van der Waals surface area contributed by atoms with E-state index in [2.05, 4.69) is 17.2 Å². The van der Waals surface area contributed by atoms with Gasteiger partial charge in [0.05, 0.1) is 12.0 Å². The third kappa shape index (κ3) is 3.60.